The summed E-state index contributed by atoms with van der Waals surface area (Å²) in [4.78, 5) is 13.6. The van der Waals surface area contributed by atoms with Crippen LogP contribution in [0.4, 0.5) is 5.69 Å². The number of Topliss-reactive ketones (excluding diaryl/α,β-unsaturated/α-hetero) is 1. The van der Waals surface area contributed by atoms with Crippen LogP contribution in [0.2, 0.25) is 0 Å². The zero-order chi connectivity index (χ0) is 13.7. The second-order valence-corrected chi connectivity index (χ2v) is 4.57. The molecule has 0 saturated carbocycles. The number of ether oxygens (including phenoxy) is 1. The molecule has 19 heavy (non-hydrogen) atoms. The molecule has 0 atom stereocenters. The molecule has 0 radical (unpaired) electrons. The molecule has 1 aliphatic heterocycles. The van der Waals surface area contributed by atoms with Crippen molar-refractivity contribution in [3.8, 4) is 0 Å². The monoisotopic (exact) mass is 261 g/mol. The Bertz CT molecular complexity index is 462. The summed E-state index contributed by atoms with van der Waals surface area (Å²) in [6, 6.07) is 7.88. The summed E-state index contributed by atoms with van der Waals surface area (Å²) in [5.41, 5.74) is 5.00. The third kappa shape index (κ3) is 3.79. The molecule has 2 rings (SSSR count). The number of nitrogens with one attached hydrogen (secondary N) is 1. The number of benzene rings is 1. The van der Waals surface area contributed by atoms with Gasteiger partial charge in [0.25, 0.3) is 0 Å². The molecule has 0 aliphatic carbocycles. The number of hydrogen-bond donors (Lipinski definition) is 1. The molecule has 0 amide bonds. The molecule has 1 saturated heterocycles. The van der Waals surface area contributed by atoms with Gasteiger partial charge in [0.05, 0.1) is 18.9 Å². The van der Waals surface area contributed by atoms with Crippen LogP contribution in [0.1, 0.15) is 12.5 Å². The van der Waals surface area contributed by atoms with Crippen molar-refractivity contribution in [2.45, 2.75) is 13.8 Å². The van der Waals surface area contributed by atoms with E-state index in [9.17, 15) is 4.79 Å². The van der Waals surface area contributed by atoms with Gasteiger partial charge in [-0.1, -0.05) is 17.7 Å². The van der Waals surface area contributed by atoms with E-state index in [-0.39, 0.29) is 5.78 Å². The van der Waals surface area contributed by atoms with Gasteiger partial charge in [0, 0.05) is 20.0 Å². The molecule has 1 aromatic rings. The second-order valence-electron chi connectivity index (χ2n) is 4.57. The molecule has 1 aliphatic rings. The van der Waals surface area contributed by atoms with Crippen LogP contribution >= 0.6 is 0 Å². The van der Waals surface area contributed by atoms with Crippen LogP contribution in [-0.2, 0) is 9.53 Å². The first-order valence-electron chi connectivity index (χ1n) is 6.41. The van der Waals surface area contributed by atoms with Gasteiger partial charge in [0.2, 0.25) is 0 Å². The molecule has 0 bridgehead atoms. The normalized spacial score (nSPS) is 16.3. The number of carbonyl (C=O) groups is 1. The maximum Gasteiger partial charge on any atom is 0.196 e. The van der Waals surface area contributed by atoms with Crippen molar-refractivity contribution < 1.29 is 9.53 Å². The molecule has 102 valence electrons. The predicted molar refractivity (Wildman–Crippen MR) is 75.3 cm³/mol. The number of carbonyl (C=O) groups excluding carboxylic acids is 1. The van der Waals surface area contributed by atoms with Gasteiger partial charge in [-0.2, -0.15) is 5.10 Å². The Kier molecular flexibility index (Phi) is 4.52. The summed E-state index contributed by atoms with van der Waals surface area (Å²) in [6.07, 6.45) is 0. The fraction of sp³-hybridized carbons (Fsp3) is 0.429. The first-order valence-corrected chi connectivity index (χ1v) is 6.41. The number of ketones is 1. The molecule has 1 heterocycles. The number of aryl methyl sites for hydroxylation is 1. The molecule has 5 heteroatoms. The molecule has 0 aromatic heterocycles. The fourth-order valence-corrected chi connectivity index (χ4v) is 1.89. The minimum absolute atomic E-state index is 0.0403. The van der Waals surface area contributed by atoms with Gasteiger partial charge in [-0.25, -0.2) is 0 Å². The van der Waals surface area contributed by atoms with E-state index in [1.54, 1.807) is 0 Å². The number of amidine groups is 1. The van der Waals surface area contributed by atoms with Crippen molar-refractivity contribution in [2.24, 2.45) is 5.10 Å². The van der Waals surface area contributed by atoms with Crippen LogP contribution in [0.15, 0.2) is 29.4 Å². The van der Waals surface area contributed by atoms with E-state index >= 15 is 0 Å². The van der Waals surface area contributed by atoms with Crippen molar-refractivity contribution >= 4 is 17.3 Å². The van der Waals surface area contributed by atoms with E-state index in [1.807, 2.05) is 36.1 Å². The zero-order valence-electron chi connectivity index (χ0n) is 11.3. The second kappa shape index (κ2) is 6.33. The molecule has 1 fully saturated rings. The molecule has 5 nitrogen and oxygen atoms in total. The van der Waals surface area contributed by atoms with Crippen molar-refractivity contribution in [3.05, 3.63) is 29.8 Å². The van der Waals surface area contributed by atoms with E-state index in [2.05, 4.69) is 10.5 Å². The Balaban J connectivity index is 2.07. The van der Waals surface area contributed by atoms with Gasteiger partial charge in [-0.05, 0) is 19.1 Å². The minimum Gasteiger partial charge on any atom is -0.378 e. The lowest BCUT2D eigenvalue weighted by atomic mass is 10.2. The average molecular weight is 261 g/mol. The summed E-state index contributed by atoms with van der Waals surface area (Å²) in [5, 5.41) is 4.23. The summed E-state index contributed by atoms with van der Waals surface area (Å²) >= 11 is 0. The van der Waals surface area contributed by atoms with Gasteiger partial charge in [-0.15, -0.1) is 0 Å². The highest BCUT2D eigenvalue weighted by Crippen LogP contribution is 2.09. The zero-order valence-corrected chi connectivity index (χ0v) is 11.3. The van der Waals surface area contributed by atoms with Crippen LogP contribution < -0.4 is 5.43 Å². The Morgan fingerprint density at radius 3 is 2.47 bits per heavy atom. The minimum atomic E-state index is -0.0403. The van der Waals surface area contributed by atoms with Crippen molar-refractivity contribution in [1.29, 1.82) is 0 Å². The molecule has 1 N–H and O–H groups in total. The number of morpholine rings is 1. The average Bonchev–Trinajstić information content (AvgIpc) is 2.42. The van der Waals surface area contributed by atoms with Gasteiger partial charge >= 0.3 is 0 Å². The SMILES string of the molecule is CC(=O)/C(=N/Nc1ccc(C)cc1)N1CCOCC1. The van der Waals surface area contributed by atoms with Crippen LogP contribution in [0.5, 0.6) is 0 Å². The van der Waals surface area contributed by atoms with E-state index in [4.69, 9.17) is 4.74 Å². The Morgan fingerprint density at radius 1 is 1.26 bits per heavy atom. The molecular weight excluding hydrogens is 242 g/mol. The standard InChI is InChI=1S/C14H19N3O2/c1-11-3-5-13(6-4-11)15-16-14(12(2)18)17-7-9-19-10-8-17/h3-6,15H,7-10H2,1-2H3/b16-14-. The third-order valence-corrected chi connectivity index (χ3v) is 2.97. The van der Waals surface area contributed by atoms with E-state index in [0.717, 1.165) is 5.69 Å². The van der Waals surface area contributed by atoms with Crippen LogP contribution in [0, 0.1) is 6.92 Å². The smallest absolute Gasteiger partial charge is 0.196 e. The maximum atomic E-state index is 11.7. The van der Waals surface area contributed by atoms with Crippen molar-refractivity contribution in [3.63, 3.8) is 0 Å². The van der Waals surface area contributed by atoms with Gasteiger partial charge < -0.3 is 9.64 Å². The van der Waals surface area contributed by atoms with Gasteiger partial charge in [-0.3, -0.25) is 10.2 Å². The first kappa shape index (κ1) is 13.5. The fourth-order valence-electron chi connectivity index (χ4n) is 1.89. The largest absolute Gasteiger partial charge is 0.378 e. The lowest BCUT2D eigenvalue weighted by Crippen LogP contribution is -2.44. The first-order chi connectivity index (χ1) is 9.16. The number of nitrogens with zero attached hydrogens (tertiary/aromatic N) is 2. The van der Waals surface area contributed by atoms with Gasteiger partial charge in [0.15, 0.2) is 11.6 Å². The van der Waals surface area contributed by atoms with E-state index in [0.29, 0.717) is 32.1 Å². The van der Waals surface area contributed by atoms with E-state index in [1.165, 1.54) is 12.5 Å². The Hall–Kier alpha value is -1.88. The number of rotatable bonds is 3. The highest BCUT2D eigenvalue weighted by molar-refractivity contribution is 6.37. The summed E-state index contributed by atoms with van der Waals surface area (Å²) < 4.78 is 5.28. The summed E-state index contributed by atoms with van der Waals surface area (Å²) in [6.45, 7) is 6.24. The highest BCUT2D eigenvalue weighted by Gasteiger charge is 2.18. The lowest BCUT2D eigenvalue weighted by Gasteiger charge is -2.28. The Labute approximate surface area is 113 Å². The highest BCUT2D eigenvalue weighted by atomic mass is 16.5. The predicted octanol–water partition coefficient (Wildman–Crippen LogP) is 1.64. The lowest BCUT2D eigenvalue weighted by molar-refractivity contribution is -0.112. The maximum absolute atomic E-state index is 11.7. The van der Waals surface area contributed by atoms with Crippen molar-refractivity contribution in [2.75, 3.05) is 31.7 Å². The summed E-state index contributed by atoms with van der Waals surface area (Å²) in [7, 11) is 0. The van der Waals surface area contributed by atoms with Crippen molar-refractivity contribution in [1.82, 2.24) is 4.90 Å². The quantitative estimate of drug-likeness (QED) is 0.510. The Morgan fingerprint density at radius 2 is 1.89 bits per heavy atom. The van der Waals surface area contributed by atoms with E-state index < -0.39 is 0 Å². The number of anilines is 1. The molecule has 0 spiro atoms. The third-order valence-electron chi connectivity index (χ3n) is 2.97. The van der Waals surface area contributed by atoms with Crippen LogP contribution in [0.25, 0.3) is 0 Å². The molecule has 0 unspecified atom stereocenters. The number of hydrazone groups is 1. The summed E-state index contributed by atoms with van der Waals surface area (Å²) in [5.74, 6) is 0.422. The molecule has 1 aromatic carbocycles. The number of hydrogen-bond acceptors (Lipinski definition) is 4. The molecular formula is C14H19N3O2. The topological polar surface area (TPSA) is 53.9 Å². The van der Waals surface area contributed by atoms with Gasteiger partial charge in [0.1, 0.15) is 0 Å². The van der Waals surface area contributed by atoms with Crippen LogP contribution in [0.3, 0.4) is 0 Å². The van der Waals surface area contributed by atoms with Crippen LogP contribution in [-0.4, -0.2) is 42.8 Å².